The molecule has 2 N–H and O–H groups in total. The van der Waals surface area contributed by atoms with E-state index in [4.69, 9.17) is 4.74 Å². The highest BCUT2D eigenvalue weighted by molar-refractivity contribution is 5.13. The Balaban J connectivity index is 1.76. The molecule has 3 heteroatoms. The number of rotatable bonds is 0. The fourth-order valence-corrected chi connectivity index (χ4v) is 6.23. The predicted molar refractivity (Wildman–Crippen MR) is 80.7 cm³/mol. The molecule has 1 spiro atoms. The maximum absolute atomic E-state index is 11.6. The molecule has 0 amide bonds. The lowest BCUT2D eigenvalue weighted by Gasteiger charge is -2.65. The van der Waals surface area contributed by atoms with E-state index in [1.807, 2.05) is 0 Å². The van der Waals surface area contributed by atoms with Crippen molar-refractivity contribution in [2.45, 2.75) is 100 Å². The Morgan fingerprint density at radius 1 is 0.667 bits per heavy atom. The first-order chi connectivity index (χ1) is 10.1. The summed E-state index contributed by atoms with van der Waals surface area (Å²) in [5.41, 5.74) is -0.918. The fraction of sp³-hybridized carbons (Fsp3) is 1.00. The predicted octanol–water partition coefficient (Wildman–Crippen LogP) is 3.52. The van der Waals surface area contributed by atoms with Crippen molar-refractivity contribution in [3.05, 3.63) is 0 Å². The second-order valence-corrected chi connectivity index (χ2v) is 8.16. The van der Waals surface area contributed by atoms with E-state index in [-0.39, 0.29) is 17.4 Å². The second kappa shape index (κ2) is 4.94. The number of ether oxygens (including phenoxy) is 1. The number of hydrogen-bond acceptors (Lipinski definition) is 3. The molecule has 0 aromatic rings. The van der Waals surface area contributed by atoms with Gasteiger partial charge in [0.2, 0.25) is 0 Å². The van der Waals surface area contributed by atoms with Gasteiger partial charge < -0.3 is 14.9 Å². The third kappa shape index (κ3) is 2.04. The van der Waals surface area contributed by atoms with E-state index in [0.717, 1.165) is 51.4 Å². The first-order valence-corrected chi connectivity index (χ1v) is 9.24. The molecule has 4 atom stereocenters. The Morgan fingerprint density at radius 3 is 2.05 bits per heavy atom. The molecule has 0 radical (unpaired) electrons. The van der Waals surface area contributed by atoms with Crippen molar-refractivity contribution < 1.29 is 14.9 Å². The van der Waals surface area contributed by atoms with E-state index >= 15 is 0 Å². The topological polar surface area (TPSA) is 49.7 Å². The number of fused-ring (bicyclic) bond motifs is 4. The van der Waals surface area contributed by atoms with Crippen LogP contribution in [0.5, 0.6) is 0 Å². The summed E-state index contributed by atoms with van der Waals surface area (Å²) in [6.45, 7) is 0. The maximum atomic E-state index is 11.6. The molecule has 0 unspecified atom stereocenters. The van der Waals surface area contributed by atoms with E-state index in [2.05, 4.69) is 0 Å². The van der Waals surface area contributed by atoms with E-state index in [1.54, 1.807) is 0 Å². The summed E-state index contributed by atoms with van der Waals surface area (Å²) < 4.78 is 6.54. The summed E-state index contributed by atoms with van der Waals surface area (Å²) in [6, 6.07) is 0. The van der Waals surface area contributed by atoms with Gasteiger partial charge in [-0.2, -0.15) is 0 Å². The molecule has 21 heavy (non-hydrogen) atoms. The van der Waals surface area contributed by atoms with Crippen molar-refractivity contribution in [2.75, 3.05) is 0 Å². The Kier molecular flexibility index (Phi) is 3.40. The molecule has 4 aliphatic rings. The lowest BCUT2D eigenvalue weighted by molar-refractivity contribution is -0.399. The standard InChI is InChI=1S/C18H30O3/c19-17-12-6-2-8-14(17)16(10-4-1-5-11-16)21-18(20)13-7-3-9-15(17)18/h14-15,19-20H,1-13H2/t14-,15+,17-,18+/m0/s1. The average molecular weight is 294 g/mol. The van der Waals surface area contributed by atoms with Gasteiger partial charge in [0.1, 0.15) is 0 Å². The van der Waals surface area contributed by atoms with Crippen LogP contribution in [0.1, 0.15) is 83.5 Å². The molecule has 0 aromatic carbocycles. The van der Waals surface area contributed by atoms with Gasteiger partial charge in [0.25, 0.3) is 0 Å². The van der Waals surface area contributed by atoms with Gasteiger partial charge in [0, 0.05) is 18.3 Å². The Labute approximate surface area is 128 Å². The van der Waals surface area contributed by atoms with Gasteiger partial charge in [0.05, 0.1) is 11.2 Å². The first-order valence-electron chi connectivity index (χ1n) is 9.24. The largest absolute Gasteiger partial charge is 0.389 e. The van der Waals surface area contributed by atoms with Crippen molar-refractivity contribution in [2.24, 2.45) is 11.8 Å². The second-order valence-electron chi connectivity index (χ2n) is 8.16. The molecule has 0 bridgehead atoms. The number of hydrogen-bond donors (Lipinski definition) is 2. The van der Waals surface area contributed by atoms with Crippen LogP contribution in [0.2, 0.25) is 0 Å². The van der Waals surface area contributed by atoms with Crippen LogP contribution in [0, 0.1) is 11.8 Å². The molecule has 120 valence electrons. The Hall–Kier alpha value is -0.120. The summed E-state index contributed by atoms with van der Waals surface area (Å²) in [5.74, 6) is -0.864. The third-order valence-electron chi connectivity index (χ3n) is 7.06. The normalized spacial score (nSPS) is 49.4. The van der Waals surface area contributed by atoms with Crippen LogP contribution in [0.25, 0.3) is 0 Å². The number of aliphatic hydroxyl groups is 2. The zero-order chi connectivity index (χ0) is 14.6. The van der Waals surface area contributed by atoms with Gasteiger partial charge in [-0.3, -0.25) is 0 Å². The molecule has 1 saturated heterocycles. The Bertz CT molecular complexity index is 396. The Morgan fingerprint density at radius 2 is 1.29 bits per heavy atom. The van der Waals surface area contributed by atoms with Gasteiger partial charge in [-0.15, -0.1) is 0 Å². The summed E-state index contributed by atoms with van der Waals surface area (Å²) in [4.78, 5) is 0. The molecule has 3 nitrogen and oxygen atoms in total. The highest BCUT2D eigenvalue weighted by Gasteiger charge is 2.66. The van der Waals surface area contributed by atoms with Crippen LogP contribution in [0.15, 0.2) is 0 Å². The van der Waals surface area contributed by atoms with Crippen molar-refractivity contribution in [1.82, 2.24) is 0 Å². The van der Waals surface area contributed by atoms with Crippen LogP contribution in [-0.4, -0.2) is 27.2 Å². The molecule has 4 rings (SSSR count). The zero-order valence-electron chi connectivity index (χ0n) is 13.1. The van der Waals surface area contributed by atoms with Crippen LogP contribution < -0.4 is 0 Å². The van der Waals surface area contributed by atoms with Gasteiger partial charge in [-0.25, -0.2) is 0 Å². The minimum atomic E-state index is -1.06. The summed E-state index contributed by atoms with van der Waals surface area (Å²) in [6.07, 6.45) is 13.8. The molecule has 1 aliphatic heterocycles. The van der Waals surface area contributed by atoms with Crippen molar-refractivity contribution in [1.29, 1.82) is 0 Å². The van der Waals surface area contributed by atoms with Crippen LogP contribution >= 0.6 is 0 Å². The summed E-state index contributed by atoms with van der Waals surface area (Å²) >= 11 is 0. The van der Waals surface area contributed by atoms with E-state index in [9.17, 15) is 10.2 Å². The van der Waals surface area contributed by atoms with E-state index in [1.165, 1.54) is 25.7 Å². The lowest BCUT2D eigenvalue weighted by Crippen LogP contribution is -2.72. The highest BCUT2D eigenvalue weighted by atomic mass is 16.6. The van der Waals surface area contributed by atoms with Crippen molar-refractivity contribution in [3.63, 3.8) is 0 Å². The van der Waals surface area contributed by atoms with Gasteiger partial charge in [-0.05, 0) is 38.5 Å². The molecular weight excluding hydrogens is 264 g/mol. The van der Waals surface area contributed by atoms with Crippen molar-refractivity contribution in [3.8, 4) is 0 Å². The van der Waals surface area contributed by atoms with Gasteiger partial charge >= 0.3 is 0 Å². The third-order valence-corrected chi connectivity index (χ3v) is 7.06. The monoisotopic (exact) mass is 294 g/mol. The van der Waals surface area contributed by atoms with Gasteiger partial charge in [-0.1, -0.05) is 38.5 Å². The summed E-state index contributed by atoms with van der Waals surface area (Å²) in [7, 11) is 0. The summed E-state index contributed by atoms with van der Waals surface area (Å²) in [5, 5.41) is 22.9. The fourth-order valence-electron chi connectivity index (χ4n) is 6.23. The SMILES string of the molecule is O[C@@]12CCCC[C@H]1C1(CCCCC1)O[C@]1(O)CCCC[C@H]21. The molecule has 3 saturated carbocycles. The van der Waals surface area contributed by atoms with E-state index < -0.39 is 11.4 Å². The van der Waals surface area contributed by atoms with Crippen LogP contribution in [0.4, 0.5) is 0 Å². The van der Waals surface area contributed by atoms with Crippen molar-refractivity contribution >= 4 is 0 Å². The van der Waals surface area contributed by atoms with Crippen LogP contribution in [-0.2, 0) is 4.74 Å². The smallest absolute Gasteiger partial charge is 0.171 e. The minimum Gasteiger partial charge on any atom is -0.389 e. The maximum Gasteiger partial charge on any atom is 0.171 e. The molecule has 4 fully saturated rings. The highest BCUT2D eigenvalue weighted by Crippen LogP contribution is 2.61. The molecule has 3 aliphatic carbocycles. The molecule has 0 aromatic heterocycles. The van der Waals surface area contributed by atoms with Gasteiger partial charge in [0.15, 0.2) is 5.79 Å². The first kappa shape index (κ1) is 14.5. The minimum absolute atomic E-state index is 0.0587. The molecular formula is C18H30O3. The quantitative estimate of drug-likeness (QED) is 0.718. The van der Waals surface area contributed by atoms with E-state index in [0.29, 0.717) is 6.42 Å². The van der Waals surface area contributed by atoms with Crippen LogP contribution in [0.3, 0.4) is 0 Å². The average Bonchev–Trinajstić information content (AvgIpc) is 2.47. The zero-order valence-corrected chi connectivity index (χ0v) is 13.1. The molecule has 1 heterocycles. The lowest BCUT2D eigenvalue weighted by atomic mass is 9.53.